The summed E-state index contributed by atoms with van der Waals surface area (Å²) in [7, 11) is -2.28. The van der Waals surface area contributed by atoms with Crippen LogP contribution >= 0.6 is 0 Å². The largest absolute Gasteiger partial charge is 0.481 e. The van der Waals surface area contributed by atoms with Crippen LogP contribution in [0.5, 0.6) is 0 Å². The van der Waals surface area contributed by atoms with Gasteiger partial charge in [0.15, 0.2) is 0 Å². The summed E-state index contributed by atoms with van der Waals surface area (Å²) in [6, 6.07) is 5.75. The molecule has 1 aromatic rings. The maximum Gasteiger partial charge on any atom is 0.308 e. The number of rotatable bonds is 7. The number of nitrogens with zero attached hydrogens (tertiary/aromatic N) is 1. The van der Waals surface area contributed by atoms with E-state index in [-0.39, 0.29) is 42.0 Å². The minimum atomic E-state index is -3.75. The van der Waals surface area contributed by atoms with Gasteiger partial charge in [-0.05, 0) is 30.5 Å². The lowest BCUT2D eigenvalue weighted by Gasteiger charge is -2.34. The third-order valence-corrected chi connectivity index (χ3v) is 5.74. The van der Waals surface area contributed by atoms with Crippen LogP contribution in [-0.4, -0.2) is 63.7 Å². The zero-order chi connectivity index (χ0) is 19.3. The van der Waals surface area contributed by atoms with Gasteiger partial charge in [0.2, 0.25) is 10.0 Å². The number of nitrogens with one attached hydrogen (secondary N) is 1. The number of likely N-dealkylation sites (tertiary alicyclic amines) is 1. The first-order valence-electron chi connectivity index (χ1n) is 8.35. The van der Waals surface area contributed by atoms with Gasteiger partial charge in [0.25, 0.3) is 5.91 Å². The lowest BCUT2D eigenvalue weighted by molar-refractivity contribution is -0.143. The highest BCUT2D eigenvalue weighted by Crippen LogP contribution is 2.24. The van der Waals surface area contributed by atoms with Crippen molar-refractivity contribution in [3.8, 4) is 0 Å². The van der Waals surface area contributed by atoms with Crippen LogP contribution in [-0.2, 0) is 19.6 Å². The summed E-state index contributed by atoms with van der Waals surface area (Å²) in [6.45, 7) is 2.84. The Kier molecular flexibility index (Phi) is 6.74. The van der Waals surface area contributed by atoms with E-state index in [1.807, 2.05) is 6.92 Å². The van der Waals surface area contributed by atoms with Crippen LogP contribution in [0.25, 0.3) is 0 Å². The molecule has 0 saturated carbocycles. The van der Waals surface area contributed by atoms with Crippen molar-refractivity contribution in [2.24, 2.45) is 11.8 Å². The van der Waals surface area contributed by atoms with Gasteiger partial charge in [-0.25, -0.2) is 13.1 Å². The van der Waals surface area contributed by atoms with Crippen molar-refractivity contribution in [1.82, 2.24) is 9.62 Å². The third kappa shape index (κ3) is 5.03. The lowest BCUT2D eigenvalue weighted by Crippen LogP contribution is -2.45. The van der Waals surface area contributed by atoms with Crippen LogP contribution in [0, 0.1) is 11.8 Å². The maximum absolute atomic E-state index is 12.8. The number of carbonyl (C=O) groups is 2. The number of carbonyl (C=O) groups excluding carboxylic acids is 1. The fraction of sp³-hybridized carbons (Fsp3) is 0.529. The summed E-state index contributed by atoms with van der Waals surface area (Å²) in [5.74, 6) is -1.83. The van der Waals surface area contributed by atoms with E-state index in [0.717, 1.165) is 0 Å². The Bertz CT molecular complexity index is 764. The SMILES string of the molecule is COCCNS(=O)(=O)c1cccc(C(=O)N2CC(C)CC(C(=O)O)C2)c1. The van der Waals surface area contributed by atoms with E-state index in [0.29, 0.717) is 13.0 Å². The van der Waals surface area contributed by atoms with Crippen molar-refractivity contribution in [3.05, 3.63) is 29.8 Å². The highest BCUT2D eigenvalue weighted by Gasteiger charge is 2.32. The number of carboxylic acid groups (broad SMARTS) is 1. The molecule has 1 aromatic carbocycles. The van der Waals surface area contributed by atoms with Crippen molar-refractivity contribution in [1.29, 1.82) is 0 Å². The summed E-state index contributed by atoms with van der Waals surface area (Å²) < 4.78 is 31.8. The predicted octanol–water partition coefficient (Wildman–Crippen LogP) is 0.794. The van der Waals surface area contributed by atoms with Gasteiger partial charge in [-0.2, -0.15) is 0 Å². The monoisotopic (exact) mass is 384 g/mol. The minimum absolute atomic E-state index is 0.0145. The van der Waals surface area contributed by atoms with Crippen LogP contribution in [0.1, 0.15) is 23.7 Å². The molecule has 1 heterocycles. The molecule has 1 aliphatic heterocycles. The molecule has 1 aliphatic rings. The number of ether oxygens (including phenoxy) is 1. The van der Waals surface area contributed by atoms with Crippen molar-refractivity contribution in [2.75, 3.05) is 33.4 Å². The van der Waals surface area contributed by atoms with Gasteiger partial charge >= 0.3 is 5.97 Å². The topological polar surface area (TPSA) is 113 Å². The van der Waals surface area contributed by atoms with Gasteiger partial charge in [0.1, 0.15) is 0 Å². The smallest absolute Gasteiger partial charge is 0.308 e. The predicted molar refractivity (Wildman–Crippen MR) is 94.3 cm³/mol. The van der Waals surface area contributed by atoms with E-state index >= 15 is 0 Å². The number of piperidine rings is 1. The van der Waals surface area contributed by atoms with Crippen LogP contribution in [0.3, 0.4) is 0 Å². The Morgan fingerprint density at radius 3 is 2.73 bits per heavy atom. The molecule has 2 rings (SSSR count). The van der Waals surface area contributed by atoms with Crippen LogP contribution < -0.4 is 4.72 Å². The molecular weight excluding hydrogens is 360 g/mol. The molecule has 2 atom stereocenters. The highest BCUT2D eigenvalue weighted by molar-refractivity contribution is 7.89. The molecule has 0 radical (unpaired) electrons. The number of sulfonamides is 1. The van der Waals surface area contributed by atoms with Crippen LogP contribution in [0.15, 0.2) is 29.2 Å². The number of amides is 1. The zero-order valence-corrected chi connectivity index (χ0v) is 15.7. The van der Waals surface area contributed by atoms with E-state index in [4.69, 9.17) is 4.74 Å². The molecule has 1 amide bonds. The second-order valence-electron chi connectivity index (χ2n) is 6.50. The number of hydrogen-bond donors (Lipinski definition) is 2. The fourth-order valence-electron chi connectivity index (χ4n) is 3.04. The molecule has 1 saturated heterocycles. The van der Waals surface area contributed by atoms with E-state index < -0.39 is 21.9 Å². The van der Waals surface area contributed by atoms with E-state index in [1.54, 1.807) is 0 Å². The molecule has 26 heavy (non-hydrogen) atoms. The van der Waals surface area contributed by atoms with Crippen molar-refractivity contribution in [2.45, 2.75) is 18.2 Å². The number of benzene rings is 1. The molecule has 0 spiro atoms. The summed E-state index contributed by atoms with van der Waals surface area (Å²) in [5.41, 5.74) is 0.220. The van der Waals surface area contributed by atoms with Gasteiger partial charge in [-0.15, -0.1) is 0 Å². The molecular formula is C17H24N2O6S. The summed E-state index contributed by atoms with van der Waals surface area (Å²) in [5, 5.41) is 9.24. The van der Waals surface area contributed by atoms with E-state index in [2.05, 4.69) is 4.72 Å². The van der Waals surface area contributed by atoms with Gasteiger partial charge in [-0.3, -0.25) is 9.59 Å². The number of hydrogen-bond acceptors (Lipinski definition) is 5. The summed E-state index contributed by atoms with van der Waals surface area (Å²) in [4.78, 5) is 25.5. The minimum Gasteiger partial charge on any atom is -0.481 e. The average molecular weight is 384 g/mol. The maximum atomic E-state index is 12.8. The van der Waals surface area contributed by atoms with Crippen molar-refractivity contribution < 1.29 is 27.9 Å². The molecule has 9 heteroatoms. The molecule has 2 unspecified atom stereocenters. The highest BCUT2D eigenvalue weighted by atomic mass is 32.2. The molecule has 0 bridgehead atoms. The average Bonchev–Trinajstić information content (AvgIpc) is 2.60. The molecule has 0 aliphatic carbocycles. The number of methoxy groups -OCH3 is 1. The van der Waals surface area contributed by atoms with E-state index in [1.165, 1.54) is 36.3 Å². The summed E-state index contributed by atoms with van der Waals surface area (Å²) >= 11 is 0. The Balaban J connectivity index is 2.18. The van der Waals surface area contributed by atoms with Crippen molar-refractivity contribution >= 4 is 21.9 Å². The third-order valence-electron chi connectivity index (χ3n) is 4.29. The second-order valence-corrected chi connectivity index (χ2v) is 8.27. The molecule has 8 nitrogen and oxygen atoms in total. The first-order valence-corrected chi connectivity index (χ1v) is 9.83. The Hall–Kier alpha value is -1.97. The molecule has 0 aromatic heterocycles. The Morgan fingerprint density at radius 2 is 2.08 bits per heavy atom. The van der Waals surface area contributed by atoms with Gasteiger partial charge in [0, 0.05) is 32.3 Å². The van der Waals surface area contributed by atoms with Gasteiger partial charge < -0.3 is 14.7 Å². The number of carboxylic acids is 1. The van der Waals surface area contributed by atoms with Crippen LogP contribution in [0.2, 0.25) is 0 Å². The molecule has 1 fully saturated rings. The fourth-order valence-corrected chi connectivity index (χ4v) is 4.10. The first kappa shape index (κ1) is 20.3. The van der Waals surface area contributed by atoms with Gasteiger partial charge in [0.05, 0.1) is 17.4 Å². The van der Waals surface area contributed by atoms with Crippen LogP contribution in [0.4, 0.5) is 0 Å². The zero-order valence-electron chi connectivity index (χ0n) is 14.8. The molecule has 144 valence electrons. The normalized spacial score (nSPS) is 20.8. The standard InChI is InChI=1S/C17H24N2O6S/c1-12-8-14(17(21)22)11-19(10-12)16(20)13-4-3-5-15(9-13)26(23,24)18-6-7-25-2/h3-5,9,12,14,18H,6-8,10-11H2,1-2H3,(H,21,22). The van der Waals surface area contributed by atoms with E-state index in [9.17, 15) is 23.1 Å². The molecule has 2 N–H and O–H groups in total. The number of aliphatic carboxylic acids is 1. The Labute approximate surface area is 153 Å². The Morgan fingerprint density at radius 1 is 1.35 bits per heavy atom. The lowest BCUT2D eigenvalue weighted by atomic mass is 9.90. The quantitative estimate of drug-likeness (QED) is 0.672. The second kappa shape index (κ2) is 8.61. The first-order chi connectivity index (χ1) is 12.2. The van der Waals surface area contributed by atoms with Crippen molar-refractivity contribution in [3.63, 3.8) is 0 Å². The summed E-state index contributed by atoms with van der Waals surface area (Å²) in [6.07, 6.45) is 0.525. The van der Waals surface area contributed by atoms with Gasteiger partial charge in [-0.1, -0.05) is 13.0 Å².